The summed E-state index contributed by atoms with van der Waals surface area (Å²) in [5.74, 6) is -5.86. The molecule has 0 bridgehead atoms. The molecule has 3 aliphatic rings. The van der Waals surface area contributed by atoms with Crippen LogP contribution in [0.15, 0.2) is 30.7 Å². The number of hydrogen-bond donors (Lipinski definition) is 2. The number of rotatable bonds is 11. The lowest BCUT2D eigenvalue weighted by molar-refractivity contribution is -0.0495. The second-order valence-corrected chi connectivity index (χ2v) is 12.4. The second-order valence-electron chi connectivity index (χ2n) is 12.4. The molecular formula is C29H37F4N7O. The molecule has 3 atom stereocenters. The Morgan fingerprint density at radius 2 is 1.78 bits per heavy atom. The van der Waals surface area contributed by atoms with E-state index in [1.807, 2.05) is 19.9 Å². The van der Waals surface area contributed by atoms with Crippen molar-refractivity contribution < 1.29 is 22.4 Å². The first-order valence-corrected chi connectivity index (χ1v) is 14.7. The highest BCUT2D eigenvalue weighted by Crippen LogP contribution is 2.50. The normalized spacial score (nSPS) is 23.5. The van der Waals surface area contributed by atoms with Gasteiger partial charge in [0.15, 0.2) is 5.65 Å². The molecule has 1 amide bonds. The molecule has 2 N–H and O–H groups in total. The number of halogens is 4. The zero-order valence-electron chi connectivity index (χ0n) is 23.4. The van der Waals surface area contributed by atoms with Gasteiger partial charge in [-0.1, -0.05) is 0 Å². The molecule has 3 aliphatic carbocycles. The van der Waals surface area contributed by atoms with Crippen LogP contribution in [0.5, 0.6) is 0 Å². The van der Waals surface area contributed by atoms with E-state index in [0.29, 0.717) is 35.9 Å². The van der Waals surface area contributed by atoms with Gasteiger partial charge in [-0.15, -0.1) is 0 Å². The molecule has 3 aromatic heterocycles. The van der Waals surface area contributed by atoms with Crippen molar-refractivity contribution in [3.8, 4) is 0 Å². The van der Waals surface area contributed by atoms with Crippen molar-refractivity contribution in [1.82, 2.24) is 35.0 Å². The molecule has 1 unspecified atom stereocenters. The fourth-order valence-electron chi connectivity index (χ4n) is 6.16. The minimum absolute atomic E-state index is 0.00687. The third-order valence-corrected chi connectivity index (χ3v) is 8.86. The van der Waals surface area contributed by atoms with Crippen molar-refractivity contribution in [2.75, 3.05) is 6.54 Å². The summed E-state index contributed by atoms with van der Waals surface area (Å²) in [5, 5.41) is 15.4. The Morgan fingerprint density at radius 3 is 2.44 bits per heavy atom. The molecule has 8 nitrogen and oxygen atoms in total. The van der Waals surface area contributed by atoms with Crippen LogP contribution in [0.2, 0.25) is 0 Å². The van der Waals surface area contributed by atoms with Crippen LogP contribution in [-0.4, -0.2) is 48.7 Å². The summed E-state index contributed by atoms with van der Waals surface area (Å²) >= 11 is 0. The van der Waals surface area contributed by atoms with Gasteiger partial charge < -0.3 is 10.6 Å². The molecule has 6 rings (SSSR count). The van der Waals surface area contributed by atoms with Gasteiger partial charge in [-0.05, 0) is 82.0 Å². The SMILES string of the molecule is CC(C)n1nccc1C(=O)N[C@H](c1cn2ncc(C(NCC[C@H]3CC3(F)F)C3CC3)cc2n1)C1CCC(F)(F)CC1. The van der Waals surface area contributed by atoms with Gasteiger partial charge in [0.2, 0.25) is 5.92 Å². The maximum atomic E-state index is 14.0. The summed E-state index contributed by atoms with van der Waals surface area (Å²) in [5.41, 5.74) is 2.50. The smallest absolute Gasteiger partial charge is 0.270 e. The summed E-state index contributed by atoms with van der Waals surface area (Å²) in [4.78, 5) is 18.2. The maximum Gasteiger partial charge on any atom is 0.270 e. The second kappa shape index (κ2) is 10.7. The number of fused-ring (bicyclic) bond motifs is 1. The summed E-state index contributed by atoms with van der Waals surface area (Å²) in [6, 6.07) is 3.00. The van der Waals surface area contributed by atoms with Crippen molar-refractivity contribution >= 4 is 11.6 Å². The molecule has 0 spiro atoms. The average Bonchev–Trinajstić information content (AvgIpc) is 3.72. The fraction of sp³-hybridized carbons (Fsp3) is 0.655. The Kier molecular flexibility index (Phi) is 7.32. The highest BCUT2D eigenvalue weighted by atomic mass is 19.3. The lowest BCUT2D eigenvalue weighted by Gasteiger charge is -2.33. The Hall–Kier alpha value is -3.02. The van der Waals surface area contributed by atoms with Crippen molar-refractivity contribution in [2.24, 2.45) is 17.8 Å². The van der Waals surface area contributed by atoms with Gasteiger partial charge in [0.25, 0.3) is 11.8 Å². The lowest BCUT2D eigenvalue weighted by Crippen LogP contribution is -2.38. The summed E-state index contributed by atoms with van der Waals surface area (Å²) in [7, 11) is 0. The van der Waals surface area contributed by atoms with E-state index in [1.165, 1.54) is 0 Å². The number of carbonyl (C=O) groups excluding carboxylic acids is 1. The molecule has 3 heterocycles. The Bertz CT molecular complexity index is 1390. The molecule has 0 aromatic carbocycles. The fourth-order valence-corrected chi connectivity index (χ4v) is 6.16. The number of carbonyl (C=O) groups is 1. The number of nitrogens with one attached hydrogen (secondary N) is 2. The third-order valence-electron chi connectivity index (χ3n) is 8.86. The number of aromatic nitrogens is 5. The van der Waals surface area contributed by atoms with Gasteiger partial charge in [-0.2, -0.15) is 10.2 Å². The Labute approximate surface area is 236 Å². The molecule has 0 radical (unpaired) electrons. The van der Waals surface area contributed by atoms with Gasteiger partial charge in [0.1, 0.15) is 5.69 Å². The molecule has 0 saturated heterocycles. The quantitative estimate of drug-likeness (QED) is 0.279. The van der Waals surface area contributed by atoms with Crippen molar-refractivity contribution in [1.29, 1.82) is 0 Å². The number of amides is 1. The van der Waals surface area contributed by atoms with E-state index in [2.05, 4.69) is 20.8 Å². The van der Waals surface area contributed by atoms with E-state index in [4.69, 9.17) is 4.98 Å². The number of imidazole rings is 1. The summed E-state index contributed by atoms with van der Waals surface area (Å²) < 4.78 is 58.0. The Morgan fingerprint density at radius 1 is 1.07 bits per heavy atom. The van der Waals surface area contributed by atoms with E-state index in [-0.39, 0.29) is 56.0 Å². The maximum absolute atomic E-state index is 14.0. The molecule has 12 heteroatoms. The number of alkyl halides is 4. The van der Waals surface area contributed by atoms with Crippen LogP contribution >= 0.6 is 0 Å². The van der Waals surface area contributed by atoms with E-state index in [0.717, 1.165) is 18.4 Å². The first kappa shape index (κ1) is 28.1. The summed E-state index contributed by atoms with van der Waals surface area (Å²) in [6.07, 6.45) is 7.72. The minimum atomic E-state index is -2.70. The van der Waals surface area contributed by atoms with Crippen molar-refractivity contribution in [2.45, 2.75) is 95.2 Å². The molecule has 222 valence electrons. The van der Waals surface area contributed by atoms with E-state index < -0.39 is 23.8 Å². The van der Waals surface area contributed by atoms with E-state index in [9.17, 15) is 22.4 Å². The van der Waals surface area contributed by atoms with Gasteiger partial charge >= 0.3 is 0 Å². The third kappa shape index (κ3) is 6.12. The van der Waals surface area contributed by atoms with E-state index in [1.54, 1.807) is 33.9 Å². The van der Waals surface area contributed by atoms with Gasteiger partial charge in [-0.25, -0.2) is 27.1 Å². The van der Waals surface area contributed by atoms with Crippen LogP contribution in [-0.2, 0) is 0 Å². The predicted octanol–water partition coefficient (Wildman–Crippen LogP) is 5.89. The largest absolute Gasteiger partial charge is 0.342 e. The van der Waals surface area contributed by atoms with Crippen LogP contribution in [0.3, 0.4) is 0 Å². The van der Waals surface area contributed by atoms with Gasteiger partial charge in [0, 0.05) is 43.5 Å². The molecule has 41 heavy (non-hydrogen) atoms. The predicted molar refractivity (Wildman–Crippen MR) is 144 cm³/mol. The van der Waals surface area contributed by atoms with Crippen molar-refractivity contribution in [3.05, 3.63) is 47.7 Å². The summed E-state index contributed by atoms with van der Waals surface area (Å²) in [6.45, 7) is 4.38. The number of nitrogens with zero attached hydrogens (tertiary/aromatic N) is 5. The van der Waals surface area contributed by atoms with Crippen LogP contribution < -0.4 is 10.6 Å². The first-order chi connectivity index (χ1) is 19.5. The zero-order chi connectivity index (χ0) is 28.9. The van der Waals surface area contributed by atoms with Crippen LogP contribution in [0.1, 0.15) is 105 Å². The van der Waals surface area contributed by atoms with Gasteiger partial charge in [0.05, 0.1) is 24.1 Å². The van der Waals surface area contributed by atoms with Crippen LogP contribution in [0.25, 0.3) is 5.65 Å². The Balaban J connectivity index is 1.24. The standard InChI is InChI=1S/C29H37F4N7O/c1-17(2)40-23(8-12-35-40)27(41)38-26(19-5-9-28(30,31)10-6-19)22-16-39-24(37-22)13-20(15-36-39)25(18-3-4-18)34-11-7-21-14-29(21,32)33/h8,12-13,15-19,21,25-26,34H,3-7,9-11,14H2,1-2H3,(H,38,41)/t21-,25?,26-/m0/s1. The highest BCUT2D eigenvalue weighted by molar-refractivity contribution is 5.92. The first-order valence-electron chi connectivity index (χ1n) is 14.7. The van der Waals surface area contributed by atoms with Crippen LogP contribution in [0, 0.1) is 17.8 Å². The number of hydrogen-bond acceptors (Lipinski definition) is 5. The minimum Gasteiger partial charge on any atom is -0.342 e. The van der Waals surface area contributed by atoms with Gasteiger partial charge in [-0.3, -0.25) is 9.48 Å². The molecular weight excluding hydrogens is 538 g/mol. The lowest BCUT2D eigenvalue weighted by atomic mass is 9.81. The molecule has 3 saturated carbocycles. The van der Waals surface area contributed by atoms with E-state index >= 15 is 0 Å². The highest BCUT2D eigenvalue weighted by Gasteiger charge is 2.56. The topological polar surface area (TPSA) is 89.1 Å². The molecule has 0 aliphatic heterocycles. The van der Waals surface area contributed by atoms with Crippen LogP contribution in [0.4, 0.5) is 17.6 Å². The van der Waals surface area contributed by atoms with Crippen molar-refractivity contribution in [3.63, 3.8) is 0 Å². The molecule has 3 aromatic rings. The monoisotopic (exact) mass is 575 g/mol. The average molecular weight is 576 g/mol. The molecule has 3 fully saturated rings. The zero-order valence-corrected chi connectivity index (χ0v) is 23.4.